The molecule has 0 aliphatic heterocycles. The topological polar surface area (TPSA) is 9.23 Å². The van der Waals surface area contributed by atoms with Crippen LogP contribution in [0.2, 0.25) is 0 Å². The minimum absolute atomic E-state index is 0.236. The van der Waals surface area contributed by atoms with Crippen LogP contribution in [0.15, 0.2) is 0 Å². The van der Waals surface area contributed by atoms with Crippen molar-refractivity contribution in [3.8, 4) is 0 Å². The zero-order chi connectivity index (χ0) is 9.86. The highest BCUT2D eigenvalue weighted by Gasteiger charge is 2.30. The fourth-order valence-corrected chi connectivity index (χ4v) is 3.00. The van der Waals surface area contributed by atoms with Gasteiger partial charge in [0.25, 0.3) is 0 Å². The van der Waals surface area contributed by atoms with E-state index in [0.29, 0.717) is 6.10 Å². The van der Waals surface area contributed by atoms with Crippen LogP contribution < -0.4 is 0 Å². The first-order chi connectivity index (χ1) is 6.79. The molecule has 0 N–H and O–H groups in total. The van der Waals surface area contributed by atoms with Crippen LogP contribution in [-0.4, -0.2) is 11.7 Å². The standard InChI is InChI=1S/C13H24O/c1-13(10-6-3-7-11-13)14-12-8-4-2-5-9-12/h12H,2-11H2,1H3. The zero-order valence-corrected chi connectivity index (χ0v) is 9.56. The Morgan fingerprint density at radius 3 is 2.07 bits per heavy atom. The van der Waals surface area contributed by atoms with Crippen molar-refractivity contribution in [1.29, 1.82) is 0 Å². The van der Waals surface area contributed by atoms with E-state index in [-0.39, 0.29) is 5.60 Å². The molecule has 0 atom stereocenters. The van der Waals surface area contributed by atoms with Gasteiger partial charge >= 0.3 is 0 Å². The fraction of sp³-hybridized carbons (Fsp3) is 1.00. The monoisotopic (exact) mass is 196 g/mol. The minimum Gasteiger partial charge on any atom is -0.372 e. The summed E-state index contributed by atoms with van der Waals surface area (Å²) in [4.78, 5) is 0. The maximum absolute atomic E-state index is 6.32. The van der Waals surface area contributed by atoms with Crippen LogP contribution in [0, 0.1) is 0 Å². The molecule has 2 aliphatic rings. The minimum atomic E-state index is 0.236. The Balaban J connectivity index is 1.81. The van der Waals surface area contributed by atoms with Crippen molar-refractivity contribution in [3.05, 3.63) is 0 Å². The van der Waals surface area contributed by atoms with Crippen molar-refractivity contribution in [2.45, 2.75) is 82.8 Å². The van der Waals surface area contributed by atoms with E-state index >= 15 is 0 Å². The van der Waals surface area contributed by atoms with Gasteiger partial charge in [0.2, 0.25) is 0 Å². The molecule has 1 heteroatoms. The van der Waals surface area contributed by atoms with E-state index in [1.165, 1.54) is 64.2 Å². The van der Waals surface area contributed by atoms with Crippen molar-refractivity contribution in [3.63, 3.8) is 0 Å². The second-order valence-corrected chi connectivity index (χ2v) is 5.39. The Morgan fingerprint density at radius 2 is 1.43 bits per heavy atom. The van der Waals surface area contributed by atoms with Crippen LogP contribution >= 0.6 is 0 Å². The Bertz CT molecular complexity index is 164. The smallest absolute Gasteiger partial charge is 0.0658 e. The summed E-state index contributed by atoms with van der Waals surface area (Å²) in [5.74, 6) is 0. The first kappa shape index (κ1) is 10.5. The highest BCUT2D eigenvalue weighted by molar-refractivity contribution is 4.81. The van der Waals surface area contributed by atoms with E-state index < -0.39 is 0 Å². The van der Waals surface area contributed by atoms with Gasteiger partial charge in [0.05, 0.1) is 11.7 Å². The second kappa shape index (κ2) is 4.65. The van der Waals surface area contributed by atoms with Crippen LogP contribution in [0.25, 0.3) is 0 Å². The zero-order valence-electron chi connectivity index (χ0n) is 9.56. The third-order valence-electron chi connectivity index (χ3n) is 3.91. The summed E-state index contributed by atoms with van der Waals surface area (Å²) in [5.41, 5.74) is 0.236. The Labute approximate surface area is 88.2 Å². The lowest BCUT2D eigenvalue weighted by atomic mass is 9.85. The van der Waals surface area contributed by atoms with Gasteiger partial charge in [-0.15, -0.1) is 0 Å². The largest absolute Gasteiger partial charge is 0.372 e. The first-order valence-electron chi connectivity index (χ1n) is 6.46. The molecule has 2 fully saturated rings. The summed E-state index contributed by atoms with van der Waals surface area (Å²) in [6, 6.07) is 0. The van der Waals surface area contributed by atoms with Gasteiger partial charge in [0.15, 0.2) is 0 Å². The van der Waals surface area contributed by atoms with E-state index in [9.17, 15) is 0 Å². The average Bonchev–Trinajstić information content (AvgIpc) is 2.19. The van der Waals surface area contributed by atoms with Crippen LogP contribution in [0.3, 0.4) is 0 Å². The molecule has 82 valence electrons. The lowest BCUT2D eigenvalue weighted by molar-refractivity contribution is -0.112. The normalized spacial score (nSPS) is 28.9. The molecule has 0 unspecified atom stereocenters. The van der Waals surface area contributed by atoms with Gasteiger partial charge in [-0.05, 0) is 32.6 Å². The van der Waals surface area contributed by atoms with Gasteiger partial charge in [0, 0.05) is 0 Å². The molecule has 0 aromatic rings. The number of hydrogen-bond acceptors (Lipinski definition) is 1. The molecule has 0 aromatic carbocycles. The number of rotatable bonds is 2. The lowest BCUT2D eigenvalue weighted by Crippen LogP contribution is -2.36. The van der Waals surface area contributed by atoms with Crippen molar-refractivity contribution in [2.24, 2.45) is 0 Å². The lowest BCUT2D eigenvalue weighted by Gasteiger charge is -2.38. The summed E-state index contributed by atoms with van der Waals surface area (Å²) < 4.78 is 6.32. The van der Waals surface area contributed by atoms with Gasteiger partial charge in [0.1, 0.15) is 0 Å². The van der Waals surface area contributed by atoms with Crippen LogP contribution in [0.1, 0.15) is 71.1 Å². The van der Waals surface area contributed by atoms with Crippen LogP contribution in [0.5, 0.6) is 0 Å². The maximum atomic E-state index is 6.32. The molecule has 2 saturated carbocycles. The average molecular weight is 196 g/mol. The number of hydrogen-bond donors (Lipinski definition) is 0. The third-order valence-corrected chi connectivity index (χ3v) is 3.91. The van der Waals surface area contributed by atoms with Gasteiger partial charge in [-0.1, -0.05) is 38.5 Å². The van der Waals surface area contributed by atoms with E-state index in [0.717, 1.165) is 0 Å². The van der Waals surface area contributed by atoms with Crippen molar-refractivity contribution in [1.82, 2.24) is 0 Å². The van der Waals surface area contributed by atoms with E-state index in [2.05, 4.69) is 6.92 Å². The predicted octanol–water partition coefficient (Wildman–Crippen LogP) is 4.06. The van der Waals surface area contributed by atoms with Gasteiger partial charge < -0.3 is 4.74 Å². The molecule has 2 rings (SSSR count). The molecule has 0 saturated heterocycles. The molecule has 14 heavy (non-hydrogen) atoms. The molecule has 0 amide bonds. The molecule has 0 aromatic heterocycles. The fourth-order valence-electron chi connectivity index (χ4n) is 3.00. The summed E-state index contributed by atoms with van der Waals surface area (Å²) >= 11 is 0. The van der Waals surface area contributed by atoms with Crippen LogP contribution in [-0.2, 0) is 4.74 Å². The molecule has 2 aliphatic carbocycles. The molecular weight excluding hydrogens is 172 g/mol. The highest BCUT2D eigenvalue weighted by atomic mass is 16.5. The van der Waals surface area contributed by atoms with Crippen LogP contribution in [0.4, 0.5) is 0 Å². The molecule has 0 radical (unpaired) electrons. The van der Waals surface area contributed by atoms with Crippen molar-refractivity contribution < 1.29 is 4.74 Å². The summed E-state index contributed by atoms with van der Waals surface area (Å²) in [7, 11) is 0. The van der Waals surface area contributed by atoms with E-state index in [4.69, 9.17) is 4.74 Å². The molecule has 0 bridgehead atoms. The summed E-state index contributed by atoms with van der Waals surface area (Å²) in [5, 5.41) is 0. The molecular formula is C13H24O. The number of ether oxygens (including phenoxy) is 1. The molecule has 1 nitrogen and oxygen atoms in total. The summed E-state index contributed by atoms with van der Waals surface area (Å²) in [6.07, 6.45) is 14.2. The molecule has 0 spiro atoms. The van der Waals surface area contributed by atoms with Gasteiger partial charge in [-0.3, -0.25) is 0 Å². The van der Waals surface area contributed by atoms with Crippen molar-refractivity contribution in [2.75, 3.05) is 0 Å². The van der Waals surface area contributed by atoms with E-state index in [1.54, 1.807) is 0 Å². The van der Waals surface area contributed by atoms with E-state index in [1.807, 2.05) is 0 Å². The van der Waals surface area contributed by atoms with Gasteiger partial charge in [-0.2, -0.15) is 0 Å². The third kappa shape index (κ3) is 2.73. The molecule has 0 heterocycles. The summed E-state index contributed by atoms with van der Waals surface area (Å²) in [6.45, 7) is 2.33. The van der Waals surface area contributed by atoms with Crippen molar-refractivity contribution >= 4 is 0 Å². The highest BCUT2D eigenvalue weighted by Crippen LogP contribution is 2.34. The Kier molecular flexibility index (Phi) is 3.48. The quantitative estimate of drug-likeness (QED) is 0.647. The predicted molar refractivity (Wildman–Crippen MR) is 59.4 cm³/mol. The Hall–Kier alpha value is -0.0400. The first-order valence-corrected chi connectivity index (χ1v) is 6.46. The second-order valence-electron chi connectivity index (χ2n) is 5.39. The Morgan fingerprint density at radius 1 is 0.857 bits per heavy atom. The SMILES string of the molecule is CC1(OC2CCCCC2)CCCCC1. The van der Waals surface area contributed by atoms with Gasteiger partial charge in [-0.25, -0.2) is 0 Å². The maximum Gasteiger partial charge on any atom is 0.0658 e.